The van der Waals surface area contributed by atoms with E-state index in [0.717, 1.165) is 19.4 Å². The zero-order valence-electron chi connectivity index (χ0n) is 7.67. The third kappa shape index (κ3) is 1.49. The highest BCUT2D eigenvalue weighted by Crippen LogP contribution is 2.17. The summed E-state index contributed by atoms with van der Waals surface area (Å²) in [4.78, 5) is 24.3. The summed E-state index contributed by atoms with van der Waals surface area (Å²) in [6.07, 6.45) is 1.64. The number of hydrogen-bond donors (Lipinski definition) is 0. The lowest BCUT2D eigenvalue weighted by molar-refractivity contribution is -0.149. The van der Waals surface area contributed by atoms with E-state index in [4.69, 9.17) is 0 Å². The SMILES string of the molecule is CCC1CCN(CC)C(=O)C1=O. The van der Waals surface area contributed by atoms with Crippen molar-refractivity contribution in [3.05, 3.63) is 0 Å². The number of ketones is 1. The third-order valence-corrected chi connectivity index (χ3v) is 2.49. The van der Waals surface area contributed by atoms with E-state index < -0.39 is 0 Å². The van der Waals surface area contributed by atoms with Gasteiger partial charge in [-0.1, -0.05) is 6.92 Å². The van der Waals surface area contributed by atoms with Crippen LogP contribution in [-0.4, -0.2) is 29.7 Å². The molecule has 0 N–H and O–H groups in total. The predicted molar refractivity (Wildman–Crippen MR) is 45.7 cm³/mol. The molecule has 0 aromatic carbocycles. The highest BCUT2D eigenvalue weighted by atomic mass is 16.2. The van der Waals surface area contributed by atoms with Gasteiger partial charge in [0.1, 0.15) is 0 Å². The van der Waals surface area contributed by atoms with Gasteiger partial charge in [-0.25, -0.2) is 0 Å². The van der Waals surface area contributed by atoms with Crippen molar-refractivity contribution in [2.24, 2.45) is 5.92 Å². The second kappa shape index (κ2) is 3.70. The third-order valence-electron chi connectivity index (χ3n) is 2.49. The van der Waals surface area contributed by atoms with E-state index in [1.165, 1.54) is 0 Å². The first-order valence-corrected chi connectivity index (χ1v) is 4.53. The summed E-state index contributed by atoms with van der Waals surface area (Å²) in [7, 11) is 0. The van der Waals surface area contributed by atoms with Crippen molar-refractivity contribution in [3.8, 4) is 0 Å². The molecular weight excluding hydrogens is 154 g/mol. The molecule has 1 amide bonds. The van der Waals surface area contributed by atoms with Gasteiger partial charge in [-0.15, -0.1) is 0 Å². The van der Waals surface area contributed by atoms with Crippen molar-refractivity contribution < 1.29 is 9.59 Å². The van der Waals surface area contributed by atoms with Crippen LogP contribution in [0.25, 0.3) is 0 Å². The molecule has 12 heavy (non-hydrogen) atoms. The van der Waals surface area contributed by atoms with Gasteiger partial charge in [0.15, 0.2) is 0 Å². The summed E-state index contributed by atoms with van der Waals surface area (Å²) in [6.45, 7) is 5.26. The minimum Gasteiger partial charge on any atom is -0.336 e. The number of Topliss-reactive ketones (excluding diaryl/α,β-unsaturated/α-hetero) is 1. The molecule has 1 saturated heterocycles. The second-order valence-electron chi connectivity index (χ2n) is 3.14. The van der Waals surface area contributed by atoms with Crippen LogP contribution in [0.4, 0.5) is 0 Å². The van der Waals surface area contributed by atoms with Gasteiger partial charge >= 0.3 is 0 Å². The Morgan fingerprint density at radius 2 is 2.08 bits per heavy atom. The first kappa shape index (κ1) is 9.23. The molecule has 1 rings (SSSR count). The number of amides is 1. The Morgan fingerprint density at radius 1 is 1.42 bits per heavy atom. The van der Waals surface area contributed by atoms with Gasteiger partial charge < -0.3 is 4.90 Å². The average molecular weight is 169 g/mol. The summed E-state index contributed by atoms with van der Waals surface area (Å²) >= 11 is 0. The first-order valence-electron chi connectivity index (χ1n) is 4.53. The summed E-state index contributed by atoms with van der Waals surface area (Å²) in [5.74, 6) is -0.485. The van der Waals surface area contributed by atoms with Crippen LogP contribution in [0, 0.1) is 5.92 Å². The summed E-state index contributed by atoms with van der Waals surface area (Å²) < 4.78 is 0. The van der Waals surface area contributed by atoms with E-state index in [1.807, 2.05) is 13.8 Å². The normalized spacial score (nSPS) is 24.8. The smallest absolute Gasteiger partial charge is 0.290 e. The number of likely N-dealkylation sites (tertiary alicyclic amines) is 1. The Labute approximate surface area is 72.7 Å². The van der Waals surface area contributed by atoms with E-state index in [-0.39, 0.29) is 17.6 Å². The molecule has 0 aromatic heterocycles. The van der Waals surface area contributed by atoms with Crippen LogP contribution in [-0.2, 0) is 9.59 Å². The number of carbonyl (C=O) groups excluding carboxylic acids is 2. The largest absolute Gasteiger partial charge is 0.336 e. The minimum absolute atomic E-state index is 0.0136. The van der Waals surface area contributed by atoms with Gasteiger partial charge in [-0.2, -0.15) is 0 Å². The van der Waals surface area contributed by atoms with Crippen LogP contribution in [0.3, 0.4) is 0 Å². The molecular formula is C9H15NO2. The highest BCUT2D eigenvalue weighted by Gasteiger charge is 2.32. The fraction of sp³-hybridized carbons (Fsp3) is 0.778. The van der Waals surface area contributed by atoms with Crippen molar-refractivity contribution in [3.63, 3.8) is 0 Å². The Balaban J connectivity index is 2.65. The molecule has 1 fully saturated rings. The van der Waals surface area contributed by atoms with Gasteiger partial charge in [-0.05, 0) is 19.8 Å². The average Bonchev–Trinajstić information content (AvgIpc) is 2.10. The molecule has 0 radical (unpaired) electrons. The standard InChI is InChI=1S/C9H15NO2/c1-3-7-5-6-10(4-2)9(12)8(7)11/h7H,3-6H2,1-2H3. The summed E-state index contributed by atoms with van der Waals surface area (Å²) in [5.41, 5.74) is 0. The van der Waals surface area contributed by atoms with Gasteiger partial charge in [0.05, 0.1) is 0 Å². The Morgan fingerprint density at radius 3 is 2.58 bits per heavy atom. The van der Waals surface area contributed by atoms with E-state index in [0.29, 0.717) is 6.54 Å². The maximum Gasteiger partial charge on any atom is 0.290 e. The lowest BCUT2D eigenvalue weighted by Gasteiger charge is -2.28. The second-order valence-corrected chi connectivity index (χ2v) is 3.14. The monoisotopic (exact) mass is 169 g/mol. The molecule has 1 aliphatic rings. The highest BCUT2D eigenvalue weighted by molar-refractivity contribution is 6.37. The molecule has 0 aromatic rings. The maximum absolute atomic E-state index is 11.3. The summed E-state index contributed by atoms with van der Waals surface area (Å²) in [6, 6.07) is 0. The first-order chi connectivity index (χ1) is 5.70. The van der Waals surface area contributed by atoms with Crippen molar-refractivity contribution in [2.45, 2.75) is 26.7 Å². The Hall–Kier alpha value is -0.860. The number of hydrogen-bond acceptors (Lipinski definition) is 2. The molecule has 1 heterocycles. The minimum atomic E-state index is -0.282. The molecule has 1 unspecified atom stereocenters. The lowest BCUT2D eigenvalue weighted by Crippen LogP contribution is -2.45. The van der Waals surface area contributed by atoms with Gasteiger partial charge in [0.25, 0.3) is 5.91 Å². The van der Waals surface area contributed by atoms with E-state index in [9.17, 15) is 9.59 Å². The van der Waals surface area contributed by atoms with E-state index >= 15 is 0 Å². The maximum atomic E-state index is 11.3. The summed E-state index contributed by atoms with van der Waals surface area (Å²) in [5, 5.41) is 0. The topological polar surface area (TPSA) is 37.4 Å². The predicted octanol–water partition coefficient (Wildman–Crippen LogP) is 0.834. The van der Waals surface area contributed by atoms with Crippen LogP contribution >= 0.6 is 0 Å². The number of carbonyl (C=O) groups is 2. The van der Waals surface area contributed by atoms with Gasteiger partial charge in [-0.3, -0.25) is 9.59 Å². The number of nitrogens with zero attached hydrogens (tertiary/aromatic N) is 1. The fourth-order valence-electron chi connectivity index (χ4n) is 1.57. The molecule has 0 bridgehead atoms. The number of likely N-dealkylation sites (N-methyl/N-ethyl adjacent to an activating group) is 1. The lowest BCUT2D eigenvalue weighted by atomic mass is 9.92. The van der Waals surface area contributed by atoms with Crippen LogP contribution < -0.4 is 0 Å². The van der Waals surface area contributed by atoms with E-state index in [2.05, 4.69) is 0 Å². The van der Waals surface area contributed by atoms with E-state index in [1.54, 1.807) is 4.90 Å². The van der Waals surface area contributed by atoms with Crippen LogP contribution in [0.5, 0.6) is 0 Å². The molecule has 1 atom stereocenters. The van der Waals surface area contributed by atoms with Crippen molar-refractivity contribution >= 4 is 11.7 Å². The van der Waals surface area contributed by atoms with Crippen LogP contribution in [0.1, 0.15) is 26.7 Å². The number of rotatable bonds is 2. The zero-order valence-corrected chi connectivity index (χ0v) is 7.67. The molecule has 0 saturated carbocycles. The molecule has 0 aliphatic carbocycles. The molecule has 1 aliphatic heterocycles. The Kier molecular flexibility index (Phi) is 2.84. The van der Waals surface area contributed by atoms with Gasteiger partial charge in [0, 0.05) is 19.0 Å². The quantitative estimate of drug-likeness (QED) is 0.574. The van der Waals surface area contributed by atoms with Crippen molar-refractivity contribution in [2.75, 3.05) is 13.1 Å². The van der Waals surface area contributed by atoms with Crippen molar-refractivity contribution in [1.82, 2.24) is 4.90 Å². The fourth-order valence-corrected chi connectivity index (χ4v) is 1.57. The van der Waals surface area contributed by atoms with Gasteiger partial charge in [0.2, 0.25) is 5.78 Å². The zero-order chi connectivity index (χ0) is 9.14. The van der Waals surface area contributed by atoms with Crippen molar-refractivity contribution in [1.29, 1.82) is 0 Å². The molecule has 3 nitrogen and oxygen atoms in total. The van der Waals surface area contributed by atoms with Crippen LogP contribution in [0.2, 0.25) is 0 Å². The molecule has 0 spiro atoms. The Bertz CT molecular complexity index is 179. The number of piperidine rings is 1. The van der Waals surface area contributed by atoms with Crippen LogP contribution in [0.15, 0.2) is 0 Å². The molecule has 68 valence electrons. The molecule has 3 heteroatoms.